The van der Waals surface area contributed by atoms with Gasteiger partial charge in [0.25, 0.3) is 0 Å². The molecule has 220 valence electrons. The summed E-state index contributed by atoms with van der Waals surface area (Å²) in [6.45, 7) is 6.79. The predicted octanol–water partition coefficient (Wildman–Crippen LogP) is 4.56. The lowest BCUT2D eigenvalue weighted by Crippen LogP contribution is -2.44. The lowest BCUT2D eigenvalue weighted by atomic mass is 9.98. The van der Waals surface area contributed by atoms with Crippen LogP contribution in [0.4, 0.5) is 4.79 Å². The van der Waals surface area contributed by atoms with Gasteiger partial charge in [-0.25, -0.2) is 9.59 Å². The van der Waals surface area contributed by atoms with Crippen LogP contribution in [-0.2, 0) is 23.8 Å². The van der Waals surface area contributed by atoms with Crippen LogP contribution in [0.5, 0.6) is 0 Å². The molecule has 2 aromatic rings. The summed E-state index contributed by atoms with van der Waals surface area (Å²) in [5.74, 6) is -0.650. The Morgan fingerprint density at radius 3 is 2.08 bits per heavy atom. The van der Waals surface area contributed by atoms with Crippen molar-refractivity contribution in [3.8, 4) is 11.1 Å². The Morgan fingerprint density at radius 1 is 0.950 bits per heavy atom. The molecule has 0 fully saturated rings. The second kappa shape index (κ2) is 17.3. The van der Waals surface area contributed by atoms with Gasteiger partial charge in [0.1, 0.15) is 12.6 Å². The van der Waals surface area contributed by atoms with Crippen molar-refractivity contribution in [3.05, 3.63) is 59.7 Å². The number of rotatable bonds is 14. The molecule has 0 heterocycles. The minimum absolute atomic E-state index is 0.0417. The Kier molecular flexibility index (Phi) is 14.2. The van der Waals surface area contributed by atoms with E-state index < -0.39 is 18.1 Å². The Bertz CT molecular complexity index is 1020. The summed E-state index contributed by atoms with van der Waals surface area (Å²) < 4.78 is 15.8. The summed E-state index contributed by atoms with van der Waals surface area (Å²) >= 11 is 0. The Morgan fingerprint density at radius 2 is 1.52 bits per heavy atom. The van der Waals surface area contributed by atoms with E-state index in [4.69, 9.17) is 19.3 Å². The number of aliphatic hydroxyl groups is 1. The predicted molar refractivity (Wildman–Crippen MR) is 154 cm³/mol. The van der Waals surface area contributed by atoms with Crippen molar-refractivity contribution in [2.75, 3.05) is 33.5 Å². The molecule has 1 aliphatic rings. The fraction of sp³-hybridized carbons (Fsp3) is 0.516. The Labute approximate surface area is 237 Å². The van der Waals surface area contributed by atoms with Crippen LogP contribution in [0.25, 0.3) is 11.1 Å². The van der Waals surface area contributed by atoms with E-state index in [0.717, 1.165) is 41.5 Å². The monoisotopic (exact) mass is 556 g/mol. The molecule has 3 rings (SSSR count). The number of esters is 1. The molecular weight excluding hydrogens is 512 g/mol. The molecule has 2 amide bonds. The molecule has 0 aromatic heterocycles. The van der Waals surface area contributed by atoms with Crippen molar-refractivity contribution in [2.45, 2.75) is 70.4 Å². The van der Waals surface area contributed by atoms with Crippen molar-refractivity contribution >= 4 is 18.5 Å². The molecule has 3 N–H and O–H groups in total. The summed E-state index contributed by atoms with van der Waals surface area (Å²) in [6.07, 6.45) is 3.11. The second-order valence-electron chi connectivity index (χ2n) is 10.5. The van der Waals surface area contributed by atoms with Gasteiger partial charge in [-0.3, -0.25) is 4.79 Å². The number of hydrogen-bond donors (Lipinski definition) is 3. The standard InChI is InChI=1S/C26H32N2O6.C5H12O/c29-15-7-1-2-8-16-33-25(31)24(13-14-27-18-30)28-26(32)34-17-23-21-11-5-3-9-19(21)20-10-4-6-12-22(20)23;1-5(2,3)6-4/h3-6,9-12,18,23-24,29H,1-2,7-8,13-17H2,(H,27,30)(H,28,32);1-4H3. The zero-order chi connectivity index (χ0) is 29.4. The minimum Gasteiger partial charge on any atom is -0.464 e. The van der Waals surface area contributed by atoms with Crippen LogP contribution in [0, 0.1) is 0 Å². The smallest absolute Gasteiger partial charge is 0.407 e. The summed E-state index contributed by atoms with van der Waals surface area (Å²) in [5.41, 5.74) is 4.51. The van der Waals surface area contributed by atoms with Gasteiger partial charge in [-0.15, -0.1) is 0 Å². The van der Waals surface area contributed by atoms with E-state index in [1.165, 1.54) is 0 Å². The normalized spacial score (nSPS) is 12.7. The fourth-order valence-electron chi connectivity index (χ4n) is 4.16. The number of carbonyl (C=O) groups excluding carboxylic acids is 3. The van der Waals surface area contributed by atoms with Crippen molar-refractivity contribution in [3.63, 3.8) is 0 Å². The first-order chi connectivity index (χ1) is 19.2. The average molecular weight is 557 g/mol. The first-order valence-corrected chi connectivity index (χ1v) is 13.8. The highest BCUT2D eigenvalue weighted by atomic mass is 16.6. The lowest BCUT2D eigenvalue weighted by Gasteiger charge is -2.19. The lowest BCUT2D eigenvalue weighted by molar-refractivity contribution is -0.146. The van der Waals surface area contributed by atoms with Crippen molar-refractivity contribution in [2.24, 2.45) is 0 Å². The maximum atomic E-state index is 12.6. The summed E-state index contributed by atoms with van der Waals surface area (Å²) in [4.78, 5) is 35.6. The number of amides is 2. The number of methoxy groups -OCH3 is 1. The highest BCUT2D eigenvalue weighted by Crippen LogP contribution is 2.44. The number of unbranched alkanes of at least 4 members (excludes halogenated alkanes) is 3. The summed E-state index contributed by atoms with van der Waals surface area (Å²) in [7, 11) is 1.71. The third kappa shape index (κ3) is 11.0. The van der Waals surface area contributed by atoms with Gasteiger partial charge >= 0.3 is 12.1 Å². The van der Waals surface area contributed by atoms with Gasteiger partial charge in [0.05, 0.1) is 12.2 Å². The van der Waals surface area contributed by atoms with E-state index in [0.29, 0.717) is 12.8 Å². The molecule has 0 spiro atoms. The van der Waals surface area contributed by atoms with Crippen LogP contribution >= 0.6 is 0 Å². The van der Waals surface area contributed by atoms with Gasteiger partial charge in [-0.05, 0) is 68.7 Å². The topological polar surface area (TPSA) is 123 Å². The maximum Gasteiger partial charge on any atom is 0.407 e. The van der Waals surface area contributed by atoms with Crippen LogP contribution in [0.3, 0.4) is 0 Å². The van der Waals surface area contributed by atoms with Crippen molar-refractivity contribution < 1.29 is 33.7 Å². The largest absolute Gasteiger partial charge is 0.464 e. The van der Waals surface area contributed by atoms with Crippen LogP contribution in [0.1, 0.15) is 69.9 Å². The summed E-state index contributed by atoms with van der Waals surface area (Å²) in [6, 6.07) is 15.2. The molecule has 0 saturated carbocycles. The van der Waals surface area contributed by atoms with Crippen LogP contribution in [-0.4, -0.2) is 68.7 Å². The molecule has 40 heavy (non-hydrogen) atoms. The molecule has 0 radical (unpaired) electrons. The molecule has 0 aliphatic heterocycles. The molecule has 1 unspecified atom stereocenters. The zero-order valence-electron chi connectivity index (χ0n) is 24.1. The minimum atomic E-state index is -0.930. The average Bonchev–Trinajstić information content (AvgIpc) is 3.27. The quantitative estimate of drug-likeness (QED) is 0.177. The van der Waals surface area contributed by atoms with E-state index in [2.05, 4.69) is 22.8 Å². The third-order valence-electron chi connectivity index (χ3n) is 6.49. The molecule has 1 aliphatic carbocycles. The number of alkyl carbamates (subject to hydrolysis) is 1. The first-order valence-electron chi connectivity index (χ1n) is 13.8. The number of fused-ring (bicyclic) bond motifs is 3. The van der Waals surface area contributed by atoms with E-state index in [1.807, 2.05) is 57.2 Å². The van der Waals surface area contributed by atoms with Gasteiger partial charge in [-0.1, -0.05) is 55.0 Å². The number of hydrogen-bond acceptors (Lipinski definition) is 7. The van der Waals surface area contributed by atoms with E-state index in [1.54, 1.807) is 7.11 Å². The molecule has 0 saturated heterocycles. The Hall–Kier alpha value is -3.43. The van der Waals surface area contributed by atoms with Gasteiger partial charge in [0.15, 0.2) is 0 Å². The molecule has 9 nitrogen and oxygen atoms in total. The number of nitrogens with one attached hydrogen (secondary N) is 2. The Balaban J connectivity index is 0.000000840. The van der Waals surface area contributed by atoms with Crippen LogP contribution in [0.2, 0.25) is 0 Å². The highest BCUT2D eigenvalue weighted by molar-refractivity contribution is 5.82. The first kappa shape index (κ1) is 32.8. The van der Waals surface area contributed by atoms with Crippen LogP contribution in [0.15, 0.2) is 48.5 Å². The second-order valence-corrected chi connectivity index (χ2v) is 10.5. The summed E-state index contributed by atoms with van der Waals surface area (Å²) in [5, 5.41) is 13.9. The number of ether oxygens (including phenoxy) is 3. The highest BCUT2D eigenvalue weighted by Gasteiger charge is 2.30. The fourth-order valence-corrected chi connectivity index (χ4v) is 4.16. The third-order valence-corrected chi connectivity index (χ3v) is 6.49. The number of aliphatic hydroxyl groups excluding tert-OH is 1. The SMILES string of the molecule is COC(C)(C)C.O=CNCCC(NC(=O)OCC1c2ccccc2-c2ccccc21)C(=O)OCCCCCCO. The van der Waals surface area contributed by atoms with E-state index >= 15 is 0 Å². The molecule has 2 aromatic carbocycles. The molecular formula is C31H44N2O7. The maximum absolute atomic E-state index is 12.6. The van der Waals surface area contributed by atoms with E-state index in [9.17, 15) is 14.4 Å². The van der Waals surface area contributed by atoms with Crippen molar-refractivity contribution in [1.82, 2.24) is 10.6 Å². The molecule has 9 heteroatoms. The van der Waals surface area contributed by atoms with Crippen LogP contribution < -0.4 is 10.6 Å². The zero-order valence-corrected chi connectivity index (χ0v) is 24.1. The number of benzene rings is 2. The van der Waals surface area contributed by atoms with Gasteiger partial charge in [0, 0.05) is 26.2 Å². The molecule has 1 atom stereocenters. The van der Waals surface area contributed by atoms with Gasteiger partial charge in [-0.2, -0.15) is 0 Å². The van der Waals surface area contributed by atoms with Gasteiger partial charge < -0.3 is 30.0 Å². The molecule has 0 bridgehead atoms. The van der Waals surface area contributed by atoms with Gasteiger partial charge in [0.2, 0.25) is 6.41 Å². The van der Waals surface area contributed by atoms with Crippen molar-refractivity contribution in [1.29, 1.82) is 0 Å². The van der Waals surface area contributed by atoms with E-state index in [-0.39, 0.29) is 44.3 Å². The number of carbonyl (C=O) groups is 3.